The van der Waals surface area contributed by atoms with Gasteiger partial charge in [0.2, 0.25) is 0 Å². The Morgan fingerprint density at radius 2 is 1.82 bits per heavy atom. The molecule has 22 heavy (non-hydrogen) atoms. The summed E-state index contributed by atoms with van der Waals surface area (Å²) in [5.74, 6) is 0.880. The second kappa shape index (κ2) is 6.63. The number of hydrogen-bond acceptors (Lipinski definition) is 2. The van der Waals surface area contributed by atoms with Gasteiger partial charge in [0.15, 0.2) is 0 Å². The van der Waals surface area contributed by atoms with Gasteiger partial charge in [-0.3, -0.25) is 4.98 Å². The van der Waals surface area contributed by atoms with E-state index >= 15 is 0 Å². The molecule has 0 saturated heterocycles. The lowest BCUT2D eigenvalue weighted by molar-refractivity contribution is 0.340. The minimum atomic E-state index is 0.674. The Hall–Kier alpha value is -2.32. The van der Waals surface area contributed by atoms with Crippen molar-refractivity contribution in [2.24, 2.45) is 0 Å². The van der Waals surface area contributed by atoms with Crippen LogP contribution in [0.2, 0.25) is 5.02 Å². The number of benzene rings is 2. The highest BCUT2D eigenvalue weighted by Crippen LogP contribution is 2.27. The summed E-state index contributed by atoms with van der Waals surface area (Å²) < 4.78 is 5.44. The van der Waals surface area contributed by atoms with Crippen LogP contribution in [0.3, 0.4) is 0 Å². The number of aromatic nitrogens is 1. The molecule has 1 aromatic heterocycles. The van der Waals surface area contributed by atoms with Crippen LogP contribution < -0.4 is 4.74 Å². The molecule has 2 nitrogen and oxygen atoms in total. The van der Waals surface area contributed by atoms with E-state index in [0.29, 0.717) is 6.61 Å². The van der Waals surface area contributed by atoms with E-state index in [1.807, 2.05) is 67.6 Å². The van der Waals surface area contributed by atoms with Gasteiger partial charge in [-0.05, 0) is 30.7 Å². The van der Waals surface area contributed by atoms with Gasteiger partial charge in [-0.15, -0.1) is 0 Å². The Balaban J connectivity index is 1.87. The van der Waals surface area contributed by atoms with Gasteiger partial charge >= 0.3 is 0 Å². The molecule has 110 valence electrons. The SMILES string of the molecule is CCOc1ccc(/C=C\c2cnc3ccccc3c2Cl)cc1. The molecular formula is C19H16ClNO. The second-order valence-corrected chi connectivity index (χ2v) is 5.26. The number of nitrogens with zero attached hydrogens (tertiary/aromatic N) is 1. The highest BCUT2D eigenvalue weighted by molar-refractivity contribution is 6.36. The molecule has 2 aromatic carbocycles. The molecule has 0 aliphatic rings. The molecule has 0 unspecified atom stereocenters. The molecule has 0 amide bonds. The van der Waals surface area contributed by atoms with Gasteiger partial charge in [0.05, 0.1) is 17.1 Å². The maximum atomic E-state index is 6.46. The predicted octanol–water partition coefficient (Wildman–Crippen LogP) is 5.46. The minimum absolute atomic E-state index is 0.674. The fourth-order valence-electron chi connectivity index (χ4n) is 2.27. The molecule has 0 spiro atoms. The fourth-order valence-corrected chi connectivity index (χ4v) is 2.54. The van der Waals surface area contributed by atoms with E-state index in [0.717, 1.165) is 32.8 Å². The van der Waals surface area contributed by atoms with Crippen LogP contribution in [-0.4, -0.2) is 11.6 Å². The molecule has 1 heterocycles. The van der Waals surface area contributed by atoms with Gasteiger partial charge in [-0.25, -0.2) is 0 Å². The number of pyridine rings is 1. The minimum Gasteiger partial charge on any atom is -0.494 e. The van der Waals surface area contributed by atoms with E-state index in [2.05, 4.69) is 4.98 Å². The molecular weight excluding hydrogens is 294 g/mol. The summed E-state index contributed by atoms with van der Waals surface area (Å²) in [4.78, 5) is 4.44. The van der Waals surface area contributed by atoms with Crippen LogP contribution >= 0.6 is 11.6 Å². The van der Waals surface area contributed by atoms with Crippen LogP contribution in [0.5, 0.6) is 5.75 Å². The molecule has 0 N–H and O–H groups in total. The summed E-state index contributed by atoms with van der Waals surface area (Å²) in [6, 6.07) is 15.8. The zero-order valence-corrected chi connectivity index (χ0v) is 13.0. The average molecular weight is 310 g/mol. The first-order chi connectivity index (χ1) is 10.8. The fraction of sp³-hybridized carbons (Fsp3) is 0.105. The highest BCUT2D eigenvalue weighted by Gasteiger charge is 2.03. The molecule has 0 saturated carbocycles. The van der Waals surface area contributed by atoms with Crippen LogP contribution in [0.25, 0.3) is 23.1 Å². The van der Waals surface area contributed by atoms with E-state index < -0.39 is 0 Å². The van der Waals surface area contributed by atoms with Crippen molar-refractivity contribution in [2.75, 3.05) is 6.61 Å². The Labute approximate surface area is 135 Å². The van der Waals surface area contributed by atoms with Gasteiger partial charge < -0.3 is 4.74 Å². The highest BCUT2D eigenvalue weighted by atomic mass is 35.5. The Kier molecular flexibility index (Phi) is 4.40. The number of para-hydroxylation sites is 1. The summed E-state index contributed by atoms with van der Waals surface area (Å²) in [7, 11) is 0. The monoisotopic (exact) mass is 309 g/mol. The van der Waals surface area contributed by atoms with Gasteiger partial charge in [0, 0.05) is 17.1 Å². The van der Waals surface area contributed by atoms with Gasteiger partial charge in [0.1, 0.15) is 5.75 Å². The van der Waals surface area contributed by atoms with Crippen LogP contribution in [0.4, 0.5) is 0 Å². The van der Waals surface area contributed by atoms with Gasteiger partial charge in [-0.1, -0.05) is 54.1 Å². The van der Waals surface area contributed by atoms with Crippen molar-refractivity contribution in [2.45, 2.75) is 6.92 Å². The topological polar surface area (TPSA) is 22.1 Å². The Morgan fingerprint density at radius 3 is 2.59 bits per heavy atom. The van der Waals surface area contributed by atoms with E-state index in [1.54, 1.807) is 6.20 Å². The van der Waals surface area contributed by atoms with Gasteiger partial charge in [0.25, 0.3) is 0 Å². The lowest BCUT2D eigenvalue weighted by atomic mass is 10.1. The van der Waals surface area contributed by atoms with Crippen molar-refractivity contribution >= 4 is 34.7 Å². The zero-order valence-electron chi connectivity index (χ0n) is 12.3. The third-order valence-electron chi connectivity index (χ3n) is 3.38. The summed E-state index contributed by atoms with van der Waals surface area (Å²) in [6.07, 6.45) is 5.81. The van der Waals surface area contributed by atoms with E-state index in [1.165, 1.54) is 0 Å². The predicted molar refractivity (Wildman–Crippen MR) is 93.3 cm³/mol. The number of hydrogen-bond donors (Lipinski definition) is 0. The third-order valence-corrected chi connectivity index (χ3v) is 3.80. The number of halogens is 1. The molecule has 3 aromatic rings. The summed E-state index contributed by atoms with van der Waals surface area (Å²) in [6.45, 7) is 2.65. The van der Waals surface area contributed by atoms with Crippen molar-refractivity contribution in [3.63, 3.8) is 0 Å². The van der Waals surface area contributed by atoms with Crippen molar-refractivity contribution in [1.82, 2.24) is 4.98 Å². The van der Waals surface area contributed by atoms with E-state index in [9.17, 15) is 0 Å². The number of ether oxygens (including phenoxy) is 1. The first-order valence-corrected chi connectivity index (χ1v) is 7.60. The number of rotatable bonds is 4. The van der Waals surface area contributed by atoms with Gasteiger partial charge in [-0.2, -0.15) is 0 Å². The average Bonchev–Trinajstić information content (AvgIpc) is 2.56. The van der Waals surface area contributed by atoms with E-state index in [-0.39, 0.29) is 0 Å². The van der Waals surface area contributed by atoms with Crippen molar-refractivity contribution < 1.29 is 4.74 Å². The van der Waals surface area contributed by atoms with Crippen molar-refractivity contribution in [3.05, 3.63) is 70.9 Å². The summed E-state index contributed by atoms with van der Waals surface area (Å²) in [5.41, 5.74) is 2.91. The van der Waals surface area contributed by atoms with Crippen molar-refractivity contribution in [3.8, 4) is 5.75 Å². The largest absolute Gasteiger partial charge is 0.494 e. The zero-order chi connectivity index (χ0) is 15.4. The summed E-state index contributed by atoms with van der Waals surface area (Å²) >= 11 is 6.46. The Bertz CT molecular complexity index is 809. The molecule has 0 radical (unpaired) electrons. The molecule has 0 bridgehead atoms. The first kappa shape index (κ1) is 14.6. The van der Waals surface area contributed by atoms with Crippen LogP contribution in [-0.2, 0) is 0 Å². The molecule has 3 rings (SSSR count). The normalized spacial score (nSPS) is 11.2. The summed E-state index contributed by atoms with van der Waals surface area (Å²) in [5, 5.41) is 1.70. The maximum Gasteiger partial charge on any atom is 0.119 e. The van der Waals surface area contributed by atoms with Crippen LogP contribution in [0.15, 0.2) is 54.7 Å². The second-order valence-electron chi connectivity index (χ2n) is 4.88. The Morgan fingerprint density at radius 1 is 1.05 bits per heavy atom. The van der Waals surface area contributed by atoms with E-state index in [4.69, 9.17) is 16.3 Å². The van der Waals surface area contributed by atoms with Crippen LogP contribution in [0, 0.1) is 0 Å². The standard InChI is InChI=1S/C19H16ClNO/c1-2-22-16-11-8-14(9-12-16)7-10-15-13-21-18-6-4-3-5-17(18)19(15)20/h3-13H,2H2,1H3/b10-7-. The number of fused-ring (bicyclic) bond motifs is 1. The lowest BCUT2D eigenvalue weighted by Gasteiger charge is -2.04. The maximum absolute atomic E-state index is 6.46. The third kappa shape index (κ3) is 3.12. The smallest absolute Gasteiger partial charge is 0.119 e. The van der Waals surface area contributed by atoms with Crippen molar-refractivity contribution in [1.29, 1.82) is 0 Å². The first-order valence-electron chi connectivity index (χ1n) is 7.22. The quantitative estimate of drug-likeness (QED) is 0.638. The molecule has 0 aliphatic carbocycles. The lowest BCUT2D eigenvalue weighted by Crippen LogP contribution is -1.90. The molecule has 0 atom stereocenters. The van der Waals surface area contributed by atoms with Crippen LogP contribution in [0.1, 0.15) is 18.1 Å². The molecule has 0 aliphatic heterocycles. The molecule has 0 fully saturated rings. The molecule has 3 heteroatoms.